The van der Waals surface area contributed by atoms with E-state index in [4.69, 9.17) is 4.74 Å². The van der Waals surface area contributed by atoms with Crippen molar-refractivity contribution in [2.75, 3.05) is 11.9 Å². The van der Waals surface area contributed by atoms with Gasteiger partial charge in [-0.3, -0.25) is 4.68 Å². The van der Waals surface area contributed by atoms with Gasteiger partial charge in [0.25, 0.3) is 0 Å². The number of hydrogen-bond acceptors (Lipinski definition) is 7. The maximum Gasteiger partial charge on any atom is 0.415 e. The number of hydrogen-bond donors (Lipinski definition) is 4. The zero-order valence-electron chi connectivity index (χ0n) is 20.6. The molecule has 0 aliphatic heterocycles. The summed E-state index contributed by atoms with van der Waals surface area (Å²) in [5, 5.41) is 29.6. The number of halogens is 3. The van der Waals surface area contributed by atoms with Crippen molar-refractivity contribution >= 4 is 22.5 Å². The van der Waals surface area contributed by atoms with Gasteiger partial charge in [0.15, 0.2) is 11.9 Å². The lowest BCUT2D eigenvalue weighted by atomic mass is 9.93. The molecule has 0 saturated heterocycles. The van der Waals surface area contributed by atoms with Crippen LogP contribution in [0.5, 0.6) is 5.75 Å². The third-order valence-corrected chi connectivity index (χ3v) is 6.44. The molecule has 1 fully saturated rings. The number of aromatic nitrogens is 4. The Morgan fingerprint density at radius 3 is 2.56 bits per heavy atom. The van der Waals surface area contributed by atoms with E-state index in [2.05, 4.69) is 20.7 Å². The molecule has 1 aliphatic carbocycles. The molecule has 0 amide bonds. The smallest absolute Gasteiger partial charge is 0.415 e. The van der Waals surface area contributed by atoms with Gasteiger partial charge in [0.2, 0.25) is 0 Å². The molecule has 36 heavy (non-hydrogen) atoms. The predicted octanol–water partition coefficient (Wildman–Crippen LogP) is 3.41. The summed E-state index contributed by atoms with van der Waals surface area (Å²) in [4.78, 5) is 4.50. The van der Waals surface area contributed by atoms with E-state index in [1.54, 1.807) is 17.9 Å². The second-order valence-electron chi connectivity index (χ2n) is 9.58. The second kappa shape index (κ2) is 10.7. The summed E-state index contributed by atoms with van der Waals surface area (Å²) in [6, 6.07) is 5.62. The van der Waals surface area contributed by atoms with E-state index < -0.39 is 24.9 Å². The summed E-state index contributed by atoms with van der Waals surface area (Å²) in [6.45, 7) is 3.52. The van der Waals surface area contributed by atoms with Crippen molar-refractivity contribution in [3.63, 3.8) is 0 Å². The van der Waals surface area contributed by atoms with Crippen molar-refractivity contribution in [2.24, 2.45) is 7.05 Å². The van der Waals surface area contributed by atoms with Crippen LogP contribution < -0.4 is 15.4 Å². The highest BCUT2D eigenvalue weighted by molar-refractivity contribution is 5.91. The Kier molecular flexibility index (Phi) is 7.76. The number of aryl methyl sites for hydroxylation is 2. The number of rotatable bonds is 9. The van der Waals surface area contributed by atoms with Gasteiger partial charge in [0.05, 0.1) is 36.3 Å². The van der Waals surface area contributed by atoms with Gasteiger partial charge >= 0.3 is 6.18 Å². The molecule has 0 radical (unpaired) electrons. The van der Waals surface area contributed by atoms with Crippen molar-refractivity contribution < 1.29 is 28.1 Å². The van der Waals surface area contributed by atoms with E-state index in [9.17, 15) is 23.4 Å². The highest BCUT2D eigenvalue weighted by atomic mass is 19.4. The molecule has 9 nitrogen and oxygen atoms in total. The summed E-state index contributed by atoms with van der Waals surface area (Å²) in [7, 11) is 1.90. The van der Waals surface area contributed by atoms with Crippen LogP contribution in [-0.2, 0) is 13.6 Å². The van der Waals surface area contributed by atoms with Crippen molar-refractivity contribution in [1.82, 2.24) is 24.6 Å². The average molecular weight is 511 g/mol. The SMILES string of the molecule is Cc1cc(Nc2cc(OC3CCC(NC[C@@H](O)C(F)(F)F)CC3)cc3c2ncn3C)nn1C[C@H](C)O. The number of fused-ring (bicyclic) bond motifs is 1. The molecule has 198 valence electrons. The number of ether oxygens (including phenoxy) is 1. The first-order chi connectivity index (χ1) is 17.0. The van der Waals surface area contributed by atoms with Crippen LogP contribution in [-0.4, -0.2) is 66.6 Å². The van der Waals surface area contributed by atoms with E-state index in [0.717, 1.165) is 22.4 Å². The number of nitrogens with zero attached hydrogens (tertiary/aromatic N) is 4. The normalized spacial score (nSPS) is 20.4. The fourth-order valence-corrected chi connectivity index (χ4v) is 4.48. The third-order valence-electron chi connectivity index (χ3n) is 6.44. The number of alkyl halides is 3. The van der Waals surface area contributed by atoms with Gasteiger partial charge < -0.3 is 30.2 Å². The van der Waals surface area contributed by atoms with Crippen LogP contribution in [0, 0.1) is 6.92 Å². The molecule has 1 saturated carbocycles. The molecule has 3 aromatic rings. The van der Waals surface area contributed by atoms with Crippen LogP contribution in [0.3, 0.4) is 0 Å². The largest absolute Gasteiger partial charge is 0.490 e. The number of benzene rings is 1. The molecular weight excluding hydrogens is 477 g/mol. The quantitative estimate of drug-likeness (QED) is 0.349. The number of aliphatic hydroxyl groups is 2. The van der Waals surface area contributed by atoms with Crippen LogP contribution in [0.1, 0.15) is 38.3 Å². The first-order valence-electron chi connectivity index (χ1n) is 12.1. The minimum absolute atomic E-state index is 0.0680. The van der Waals surface area contributed by atoms with Crippen LogP contribution in [0.2, 0.25) is 0 Å². The summed E-state index contributed by atoms with van der Waals surface area (Å²) in [6.07, 6.45) is -3.13. The molecule has 4 N–H and O–H groups in total. The molecule has 2 aromatic heterocycles. The Bertz CT molecular complexity index is 1170. The van der Waals surface area contributed by atoms with E-state index in [0.29, 0.717) is 43.8 Å². The number of nitrogens with one attached hydrogen (secondary N) is 2. The standard InChI is InChI=1S/C24H33F3N6O3/c1-14-8-22(31-33(14)12-15(2)34)30-19-9-18(10-20-23(19)29-13-32(20)3)36-17-6-4-16(5-7-17)28-11-21(35)24(25,26)27/h8-10,13,15-17,21,28,34-35H,4-7,11-12H2,1-3H3,(H,30,31)/t15-,16?,17?,21+/m0/s1. The minimum atomic E-state index is -4.61. The number of imidazole rings is 1. The van der Waals surface area contributed by atoms with E-state index in [1.165, 1.54) is 0 Å². The van der Waals surface area contributed by atoms with Crippen molar-refractivity contribution in [3.05, 3.63) is 30.2 Å². The molecule has 4 rings (SSSR count). The highest BCUT2D eigenvalue weighted by Crippen LogP contribution is 2.33. The lowest BCUT2D eigenvalue weighted by Crippen LogP contribution is -2.44. The molecular formula is C24H33F3N6O3. The second-order valence-corrected chi connectivity index (χ2v) is 9.58. The summed E-state index contributed by atoms with van der Waals surface area (Å²) < 4.78 is 47.5. The zero-order valence-corrected chi connectivity index (χ0v) is 20.6. The Morgan fingerprint density at radius 1 is 1.17 bits per heavy atom. The first kappa shape index (κ1) is 26.2. The fourth-order valence-electron chi connectivity index (χ4n) is 4.48. The predicted molar refractivity (Wildman–Crippen MR) is 129 cm³/mol. The van der Waals surface area contributed by atoms with E-state index in [1.807, 2.05) is 36.7 Å². The minimum Gasteiger partial charge on any atom is -0.490 e. The average Bonchev–Trinajstić information content (AvgIpc) is 3.34. The van der Waals surface area contributed by atoms with Crippen LogP contribution in [0.4, 0.5) is 24.7 Å². The van der Waals surface area contributed by atoms with Crippen molar-refractivity contribution in [3.8, 4) is 5.75 Å². The van der Waals surface area contributed by atoms with Gasteiger partial charge in [0.1, 0.15) is 11.3 Å². The van der Waals surface area contributed by atoms with Gasteiger partial charge in [-0.2, -0.15) is 18.3 Å². The molecule has 1 aromatic carbocycles. The zero-order chi connectivity index (χ0) is 26.0. The number of anilines is 2. The van der Waals surface area contributed by atoms with Crippen LogP contribution in [0.15, 0.2) is 24.5 Å². The maximum absolute atomic E-state index is 12.5. The Balaban J connectivity index is 1.42. The Labute approximate surface area is 207 Å². The molecule has 1 aliphatic rings. The Morgan fingerprint density at radius 2 is 1.89 bits per heavy atom. The van der Waals surface area contributed by atoms with Crippen LogP contribution in [0.25, 0.3) is 11.0 Å². The van der Waals surface area contributed by atoms with Gasteiger partial charge in [-0.05, 0) is 39.5 Å². The molecule has 0 bridgehead atoms. The lowest BCUT2D eigenvalue weighted by Gasteiger charge is -2.30. The van der Waals surface area contributed by atoms with Gasteiger partial charge in [-0.1, -0.05) is 0 Å². The van der Waals surface area contributed by atoms with Gasteiger partial charge in [-0.25, -0.2) is 4.98 Å². The highest BCUT2D eigenvalue weighted by Gasteiger charge is 2.38. The fraction of sp³-hybridized carbons (Fsp3) is 0.583. The third kappa shape index (κ3) is 6.29. The molecule has 0 spiro atoms. The first-order valence-corrected chi connectivity index (χ1v) is 12.1. The van der Waals surface area contributed by atoms with Gasteiger partial charge in [0, 0.05) is 43.5 Å². The van der Waals surface area contributed by atoms with Gasteiger partial charge in [-0.15, -0.1) is 0 Å². The lowest BCUT2D eigenvalue weighted by molar-refractivity contribution is -0.202. The van der Waals surface area contributed by atoms with E-state index >= 15 is 0 Å². The molecule has 2 heterocycles. The molecule has 12 heteroatoms. The number of aliphatic hydroxyl groups excluding tert-OH is 2. The molecule has 0 unspecified atom stereocenters. The summed E-state index contributed by atoms with van der Waals surface area (Å²) in [5.41, 5.74) is 3.30. The maximum atomic E-state index is 12.5. The van der Waals surface area contributed by atoms with Crippen molar-refractivity contribution in [2.45, 2.75) is 76.6 Å². The van der Waals surface area contributed by atoms with Crippen molar-refractivity contribution in [1.29, 1.82) is 0 Å². The van der Waals surface area contributed by atoms with E-state index in [-0.39, 0.29) is 12.1 Å². The van der Waals surface area contributed by atoms with Crippen LogP contribution >= 0.6 is 0 Å². The molecule has 2 atom stereocenters. The topological polar surface area (TPSA) is 109 Å². The Hall–Kier alpha value is -2.83. The summed E-state index contributed by atoms with van der Waals surface area (Å²) in [5.74, 6) is 1.29. The summed E-state index contributed by atoms with van der Waals surface area (Å²) >= 11 is 0. The monoisotopic (exact) mass is 510 g/mol.